The van der Waals surface area contributed by atoms with Crippen LogP contribution in [0.1, 0.15) is 10.4 Å². The van der Waals surface area contributed by atoms with Crippen LogP contribution in [0.4, 0.5) is 5.69 Å². The third kappa shape index (κ3) is 5.18. The number of hydrogen-bond donors (Lipinski definition) is 2. The summed E-state index contributed by atoms with van der Waals surface area (Å²) >= 11 is 1.03. The number of H-pyrrole nitrogens is 1. The van der Waals surface area contributed by atoms with Crippen molar-refractivity contribution in [2.24, 2.45) is 0 Å². The fourth-order valence-corrected chi connectivity index (χ4v) is 6.80. The van der Waals surface area contributed by atoms with Crippen LogP contribution < -0.4 is 14.4 Å². The van der Waals surface area contributed by atoms with Gasteiger partial charge in [-0.15, -0.1) is 0 Å². The van der Waals surface area contributed by atoms with Crippen LogP contribution in [0.15, 0.2) is 109 Å². The number of aromatic nitrogens is 7. The van der Waals surface area contributed by atoms with Crippen LogP contribution in [-0.2, 0) is 0 Å². The zero-order chi connectivity index (χ0) is 27.6. The number of benzene rings is 2. The van der Waals surface area contributed by atoms with Crippen LogP contribution >= 0.6 is 11.3 Å². The number of rotatable bonds is 7. The number of aromatic amines is 1. The number of amides is 1. The molecule has 41 heavy (non-hydrogen) atoms. The van der Waals surface area contributed by atoms with Gasteiger partial charge in [-0.25, -0.2) is 0 Å². The third-order valence-electron chi connectivity index (χ3n) is 6.32. The molecule has 7 aromatic rings. The minimum atomic E-state index is -0.531. The molecule has 2 N–H and O–H groups in total. The summed E-state index contributed by atoms with van der Waals surface area (Å²) in [6.07, 6.45) is 7.33. The van der Waals surface area contributed by atoms with Gasteiger partial charge in [-0.2, -0.15) is 0 Å². The van der Waals surface area contributed by atoms with E-state index in [1.165, 1.54) is 0 Å². The van der Waals surface area contributed by atoms with E-state index >= 15 is 0 Å². The molecule has 0 fully saturated rings. The molecule has 0 aliphatic rings. The summed E-state index contributed by atoms with van der Waals surface area (Å²) in [6, 6.07) is 24.7. The molecule has 0 bridgehead atoms. The van der Waals surface area contributed by atoms with Crippen molar-refractivity contribution in [2.45, 2.75) is 0 Å². The first kappa shape index (κ1) is 25.1. The molecule has 0 aliphatic carbocycles. The van der Waals surface area contributed by atoms with Gasteiger partial charge in [0, 0.05) is 0 Å². The number of pyridine rings is 1. The number of nitrogens with zero attached hydrogens (tertiary/aromatic N) is 6. The molecule has 5 aromatic heterocycles. The van der Waals surface area contributed by atoms with Crippen LogP contribution in [-0.4, -0.2) is 56.2 Å². The smallest absolute Gasteiger partial charge is 0.0622 e. The van der Waals surface area contributed by atoms with Crippen molar-refractivity contribution in [2.75, 3.05) is 5.32 Å². The van der Waals surface area contributed by atoms with E-state index in [0.717, 1.165) is 48.0 Å². The number of hydrogen-bond acceptors (Lipinski definition) is 7. The summed E-state index contributed by atoms with van der Waals surface area (Å²) in [5.41, 5.74) is 6.40. The predicted molar refractivity (Wildman–Crippen MR) is 161 cm³/mol. The Bertz CT molecular complexity index is 1980. The number of thiazole rings is 1. The summed E-state index contributed by atoms with van der Waals surface area (Å²) in [5, 5.41) is 12.6. The van der Waals surface area contributed by atoms with Gasteiger partial charge in [0.05, 0.1) is 0 Å². The minimum absolute atomic E-state index is 0.164. The average molecular weight is 616 g/mol. The van der Waals surface area contributed by atoms with E-state index in [-0.39, 0.29) is 5.91 Å². The normalized spacial score (nSPS) is 11.4. The Morgan fingerprint density at radius 1 is 0.902 bits per heavy atom. The van der Waals surface area contributed by atoms with Crippen LogP contribution in [0.5, 0.6) is 0 Å². The van der Waals surface area contributed by atoms with E-state index in [2.05, 4.69) is 29.9 Å². The van der Waals surface area contributed by atoms with Gasteiger partial charge in [-0.05, 0) is 0 Å². The number of carbonyl (C=O) groups excluding carboxylic acids is 1. The molecule has 0 saturated carbocycles. The van der Waals surface area contributed by atoms with E-state index in [1.807, 2.05) is 78.3 Å². The molecule has 2 aromatic carbocycles. The van der Waals surface area contributed by atoms with Gasteiger partial charge in [0.2, 0.25) is 0 Å². The zero-order valence-electron chi connectivity index (χ0n) is 21.3. The van der Waals surface area contributed by atoms with Crippen molar-refractivity contribution in [3.63, 3.8) is 0 Å². The topological polar surface area (TPSA) is 114 Å². The second-order valence-corrected chi connectivity index (χ2v) is 12.2. The standard InChI is InChI=1S/C30H20AsN8OS/c40-28(19-6-2-1-3-7-19)34-22-10-4-8-20(16-22)26-27(39-14-15-41-30(39)36-26)23-11-13-33-29(35-23)31-25-17-24(37-38-25)21-9-5-12-32-18-21/h1-18H,(H,34,40)(H,37,38). The van der Waals surface area contributed by atoms with E-state index in [0.29, 0.717) is 11.3 Å². The number of fused-ring (bicyclic) bond motifs is 1. The molecule has 0 atom stereocenters. The quantitative estimate of drug-likeness (QED) is 0.260. The molecule has 0 unspecified atom stereocenters. The summed E-state index contributed by atoms with van der Waals surface area (Å²) in [4.78, 5) is 32.3. The number of nitrogens with one attached hydrogen (secondary N) is 2. The number of carbonyl (C=O) groups is 1. The summed E-state index contributed by atoms with van der Waals surface area (Å²) in [7, 11) is 0. The van der Waals surface area contributed by atoms with E-state index in [9.17, 15) is 4.79 Å². The van der Waals surface area contributed by atoms with Crippen molar-refractivity contribution in [3.8, 4) is 33.9 Å². The molecule has 197 valence electrons. The van der Waals surface area contributed by atoms with Crippen LogP contribution in [0.3, 0.4) is 0 Å². The SMILES string of the molecule is O=C(Nc1cccc(-c2nc3sccn3c2-c2ccnc([As]c3cc(-c4cccnc4)n[nH]3)n2)c1)c1ccccc1. The summed E-state index contributed by atoms with van der Waals surface area (Å²) < 4.78 is 3.79. The Morgan fingerprint density at radius 3 is 2.68 bits per heavy atom. The first-order valence-corrected chi connectivity index (χ1v) is 15.4. The Hall–Kier alpha value is -4.92. The van der Waals surface area contributed by atoms with Gasteiger partial charge in [-0.3, -0.25) is 0 Å². The van der Waals surface area contributed by atoms with Crippen LogP contribution in [0, 0.1) is 0 Å². The molecule has 0 aliphatic heterocycles. The first-order chi connectivity index (χ1) is 20.2. The van der Waals surface area contributed by atoms with Crippen molar-refractivity contribution >= 4 is 52.7 Å². The fourth-order valence-electron chi connectivity index (χ4n) is 4.44. The van der Waals surface area contributed by atoms with E-state index < -0.39 is 15.8 Å². The molecular weight excluding hydrogens is 595 g/mol. The Labute approximate surface area is 245 Å². The van der Waals surface area contributed by atoms with Gasteiger partial charge < -0.3 is 0 Å². The molecule has 5 heterocycles. The van der Waals surface area contributed by atoms with Gasteiger partial charge >= 0.3 is 228 Å². The van der Waals surface area contributed by atoms with Crippen LogP contribution in [0.25, 0.3) is 38.9 Å². The molecule has 11 heteroatoms. The van der Waals surface area contributed by atoms with Gasteiger partial charge in [0.1, 0.15) is 0 Å². The Kier molecular flexibility index (Phi) is 6.68. The molecular formula is C30H20AsN8OS. The summed E-state index contributed by atoms with van der Waals surface area (Å²) in [5.74, 6) is -0.164. The van der Waals surface area contributed by atoms with Crippen molar-refractivity contribution in [1.29, 1.82) is 0 Å². The second kappa shape index (κ2) is 10.9. The van der Waals surface area contributed by atoms with E-state index in [1.54, 1.807) is 42.1 Å². The monoisotopic (exact) mass is 615 g/mol. The predicted octanol–water partition coefficient (Wildman–Crippen LogP) is 4.21. The van der Waals surface area contributed by atoms with Gasteiger partial charge in [-0.1, -0.05) is 18.2 Å². The molecule has 7 rings (SSSR count). The van der Waals surface area contributed by atoms with Crippen LogP contribution in [0.2, 0.25) is 0 Å². The van der Waals surface area contributed by atoms with Crippen molar-refractivity contribution < 1.29 is 4.79 Å². The summed E-state index contributed by atoms with van der Waals surface area (Å²) in [6.45, 7) is 0. The Morgan fingerprint density at radius 2 is 1.80 bits per heavy atom. The molecule has 9 nitrogen and oxygen atoms in total. The number of anilines is 1. The van der Waals surface area contributed by atoms with Gasteiger partial charge in [0.15, 0.2) is 0 Å². The molecule has 0 spiro atoms. The molecule has 1 amide bonds. The molecule has 0 saturated heterocycles. The zero-order valence-corrected chi connectivity index (χ0v) is 24.0. The number of imidazole rings is 1. The first-order valence-electron chi connectivity index (χ1n) is 12.6. The maximum atomic E-state index is 12.8. The minimum Gasteiger partial charge on any atom is -0.0622 e. The average Bonchev–Trinajstić information content (AvgIpc) is 3.75. The van der Waals surface area contributed by atoms with Crippen molar-refractivity contribution in [1.82, 2.24) is 34.5 Å². The Balaban J connectivity index is 1.21. The third-order valence-corrected chi connectivity index (χ3v) is 8.93. The molecule has 1 radical (unpaired) electrons. The maximum absolute atomic E-state index is 12.8. The van der Waals surface area contributed by atoms with E-state index in [4.69, 9.17) is 9.97 Å². The van der Waals surface area contributed by atoms with Crippen molar-refractivity contribution in [3.05, 3.63) is 115 Å². The van der Waals surface area contributed by atoms with Gasteiger partial charge in [0.25, 0.3) is 0 Å². The second-order valence-electron chi connectivity index (χ2n) is 9.00. The fraction of sp³-hybridized carbons (Fsp3) is 0.